The second kappa shape index (κ2) is 11.7. The summed E-state index contributed by atoms with van der Waals surface area (Å²) in [5.41, 5.74) is 2.53. The fourth-order valence-electron chi connectivity index (χ4n) is 3.18. The molecule has 1 heterocycles. The van der Waals surface area contributed by atoms with Gasteiger partial charge in [-0.15, -0.1) is 16.8 Å². The average molecular weight is 501 g/mol. The molecule has 0 aliphatic rings. The standard InChI is InChI=1S/C24H25ClN4O4S/c1-5-10-29-20(13-33-17-11-15(2)22(25)16(3)12-17)27-28-24(29)34-14-21(30)26-19-9-7-6-8-18(19)23(31)32-4/h5-9,11-12H,1,10,13-14H2,2-4H3,(H,26,30). The lowest BCUT2D eigenvalue weighted by Gasteiger charge is -2.11. The number of thioether (sulfide) groups is 1. The smallest absolute Gasteiger partial charge is 0.339 e. The third-order valence-electron chi connectivity index (χ3n) is 4.82. The highest BCUT2D eigenvalue weighted by Crippen LogP contribution is 2.27. The molecule has 1 amide bonds. The minimum Gasteiger partial charge on any atom is -0.486 e. The molecule has 178 valence electrons. The van der Waals surface area contributed by atoms with Crippen LogP contribution in [-0.4, -0.2) is 39.5 Å². The molecule has 0 aliphatic carbocycles. The number of esters is 1. The average Bonchev–Trinajstić information content (AvgIpc) is 3.21. The molecule has 0 radical (unpaired) electrons. The highest BCUT2D eigenvalue weighted by Gasteiger charge is 2.17. The van der Waals surface area contributed by atoms with E-state index in [4.69, 9.17) is 21.1 Å². The molecule has 0 aliphatic heterocycles. The van der Waals surface area contributed by atoms with Gasteiger partial charge in [0.05, 0.1) is 24.1 Å². The van der Waals surface area contributed by atoms with Crippen LogP contribution in [0.25, 0.3) is 0 Å². The van der Waals surface area contributed by atoms with Gasteiger partial charge in [-0.25, -0.2) is 4.79 Å². The minimum atomic E-state index is -0.523. The Balaban J connectivity index is 1.66. The van der Waals surface area contributed by atoms with E-state index in [-0.39, 0.29) is 23.8 Å². The van der Waals surface area contributed by atoms with E-state index >= 15 is 0 Å². The quantitative estimate of drug-likeness (QED) is 0.242. The van der Waals surface area contributed by atoms with Crippen LogP contribution in [0.2, 0.25) is 5.02 Å². The van der Waals surface area contributed by atoms with Crippen molar-refractivity contribution in [3.63, 3.8) is 0 Å². The number of amides is 1. The lowest BCUT2D eigenvalue weighted by atomic mass is 10.1. The first-order chi connectivity index (χ1) is 16.3. The monoisotopic (exact) mass is 500 g/mol. The predicted octanol–water partition coefficient (Wildman–Crippen LogP) is 4.83. The molecule has 0 unspecified atom stereocenters. The molecule has 1 aromatic heterocycles. The zero-order valence-corrected chi connectivity index (χ0v) is 20.7. The number of aryl methyl sites for hydroxylation is 2. The summed E-state index contributed by atoms with van der Waals surface area (Å²) in [7, 11) is 1.29. The molecule has 3 rings (SSSR count). The number of nitrogens with one attached hydrogen (secondary N) is 1. The third kappa shape index (κ3) is 6.18. The molecule has 8 nitrogen and oxygen atoms in total. The zero-order chi connectivity index (χ0) is 24.7. The van der Waals surface area contributed by atoms with Crippen LogP contribution < -0.4 is 10.1 Å². The van der Waals surface area contributed by atoms with Crippen LogP contribution in [-0.2, 0) is 22.7 Å². The largest absolute Gasteiger partial charge is 0.486 e. The number of hydrogen-bond donors (Lipinski definition) is 1. The van der Waals surface area contributed by atoms with Crippen LogP contribution in [0, 0.1) is 13.8 Å². The van der Waals surface area contributed by atoms with Gasteiger partial charge in [-0.2, -0.15) is 0 Å². The third-order valence-corrected chi connectivity index (χ3v) is 6.38. The van der Waals surface area contributed by atoms with Crippen LogP contribution in [0.15, 0.2) is 54.2 Å². The van der Waals surface area contributed by atoms with Crippen molar-refractivity contribution in [2.24, 2.45) is 0 Å². The number of nitrogens with zero attached hydrogens (tertiary/aromatic N) is 3. The second-order valence-corrected chi connectivity index (χ2v) is 8.65. The number of para-hydroxylation sites is 1. The molecule has 0 saturated heterocycles. The highest BCUT2D eigenvalue weighted by molar-refractivity contribution is 7.99. The number of ether oxygens (including phenoxy) is 2. The summed E-state index contributed by atoms with van der Waals surface area (Å²) in [5, 5.41) is 12.4. The lowest BCUT2D eigenvalue weighted by molar-refractivity contribution is -0.113. The molecule has 34 heavy (non-hydrogen) atoms. The fourth-order valence-corrected chi connectivity index (χ4v) is 4.05. The van der Waals surface area contributed by atoms with E-state index in [1.165, 1.54) is 18.9 Å². The van der Waals surface area contributed by atoms with Crippen LogP contribution >= 0.6 is 23.4 Å². The summed E-state index contributed by atoms with van der Waals surface area (Å²) in [5.74, 6) is 0.542. The van der Waals surface area contributed by atoms with Gasteiger partial charge in [0.15, 0.2) is 11.0 Å². The number of halogens is 1. The van der Waals surface area contributed by atoms with Gasteiger partial charge in [0.25, 0.3) is 0 Å². The molecular weight excluding hydrogens is 476 g/mol. The first kappa shape index (κ1) is 25.3. The van der Waals surface area contributed by atoms with Crippen molar-refractivity contribution in [2.75, 3.05) is 18.2 Å². The molecule has 1 N–H and O–H groups in total. The highest BCUT2D eigenvalue weighted by atomic mass is 35.5. The summed E-state index contributed by atoms with van der Waals surface area (Å²) in [6, 6.07) is 10.4. The van der Waals surface area contributed by atoms with Crippen LogP contribution in [0.1, 0.15) is 27.3 Å². The summed E-state index contributed by atoms with van der Waals surface area (Å²) in [6.45, 7) is 8.29. The molecule has 0 bridgehead atoms. The normalized spacial score (nSPS) is 10.6. The van der Waals surface area contributed by atoms with Crippen molar-refractivity contribution < 1.29 is 19.1 Å². The predicted molar refractivity (Wildman–Crippen MR) is 133 cm³/mol. The Bertz CT molecular complexity index is 1190. The van der Waals surface area contributed by atoms with Crippen LogP contribution in [0.3, 0.4) is 0 Å². The molecule has 0 saturated carbocycles. The van der Waals surface area contributed by atoms with E-state index in [0.29, 0.717) is 34.0 Å². The van der Waals surface area contributed by atoms with Crippen molar-refractivity contribution in [1.82, 2.24) is 14.8 Å². The Labute approximate surface area is 207 Å². The van der Waals surface area contributed by atoms with E-state index in [2.05, 4.69) is 22.1 Å². The maximum absolute atomic E-state index is 12.5. The SMILES string of the molecule is C=CCn1c(COc2cc(C)c(Cl)c(C)c2)nnc1SCC(=O)Nc1ccccc1C(=O)OC. The number of allylic oxidation sites excluding steroid dienone is 1. The number of anilines is 1. The van der Waals surface area contributed by atoms with Crippen LogP contribution in [0.5, 0.6) is 5.75 Å². The van der Waals surface area contributed by atoms with Gasteiger partial charge in [-0.3, -0.25) is 9.36 Å². The number of aromatic nitrogens is 3. The number of carbonyl (C=O) groups excluding carboxylic acids is 2. The first-order valence-electron chi connectivity index (χ1n) is 10.4. The molecule has 10 heteroatoms. The number of methoxy groups -OCH3 is 1. The van der Waals surface area contributed by atoms with E-state index in [1.54, 1.807) is 30.3 Å². The van der Waals surface area contributed by atoms with E-state index in [9.17, 15) is 9.59 Å². The summed E-state index contributed by atoms with van der Waals surface area (Å²) >= 11 is 7.45. The van der Waals surface area contributed by atoms with E-state index in [0.717, 1.165) is 11.1 Å². The van der Waals surface area contributed by atoms with Gasteiger partial charge >= 0.3 is 5.97 Å². The topological polar surface area (TPSA) is 95.3 Å². The summed E-state index contributed by atoms with van der Waals surface area (Å²) in [6.07, 6.45) is 1.72. The molecule has 0 atom stereocenters. The van der Waals surface area contributed by atoms with Gasteiger partial charge in [-0.05, 0) is 49.2 Å². The Morgan fingerprint density at radius 1 is 1.21 bits per heavy atom. The van der Waals surface area contributed by atoms with Crippen LogP contribution in [0.4, 0.5) is 5.69 Å². The second-order valence-electron chi connectivity index (χ2n) is 7.33. The number of benzene rings is 2. The van der Waals surface area contributed by atoms with Gasteiger partial charge in [0.2, 0.25) is 5.91 Å². The van der Waals surface area contributed by atoms with Crippen molar-refractivity contribution in [3.8, 4) is 5.75 Å². The fraction of sp³-hybridized carbons (Fsp3) is 0.250. The van der Waals surface area contributed by atoms with E-state index in [1.807, 2.05) is 30.5 Å². The Hall–Kier alpha value is -3.30. The minimum absolute atomic E-state index is 0.0706. The van der Waals surface area contributed by atoms with Crippen molar-refractivity contribution in [3.05, 3.63) is 76.6 Å². The zero-order valence-electron chi connectivity index (χ0n) is 19.1. The van der Waals surface area contributed by atoms with E-state index < -0.39 is 5.97 Å². The Morgan fingerprint density at radius 3 is 2.59 bits per heavy atom. The van der Waals surface area contributed by atoms with Gasteiger partial charge in [0, 0.05) is 11.6 Å². The number of rotatable bonds is 10. The molecule has 0 fully saturated rings. The van der Waals surface area contributed by atoms with Crippen molar-refractivity contribution in [1.29, 1.82) is 0 Å². The first-order valence-corrected chi connectivity index (χ1v) is 11.7. The molecule has 2 aromatic carbocycles. The maximum Gasteiger partial charge on any atom is 0.339 e. The Morgan fingerprint density at radius 2 is 1.91 bits per heavy atom. The molecule has 3 aromatic rings. The maximum atomic E-state index is 12.5. The number of hydrogen-bond acceptors (Lipinski definition) is 7. The number of carbonyl (C=O) groups is 2. The lowest BCUT2D eigenvalue weighted by Crippen LogP contribution is -2.17. The van der Waals surface area contributed by atoms with Gasteiger partial charge in [0.1, 0.15) is 12.4 Å². The molecule has 0 spiro atoms. The van der Waals surface area contributed by atoms with Crippen molar-refractivity contribution in [2.45, 2.75) is 32.2 Å². The van der Waals surface area contributed by atoms with Gasteiger partial charge in [-0.1, -0.05) is 41.6 Å². The Kier molecular flexibility index (Phi) is 8.72. The van der Waals surface area contributed by atoms with Crippen molar-refractivity contribution >= 4 is 40.9 Å². The summed E-state index contributed by atoms with van der Waals surface area (Å²) in [4.78, 5) is 24.4. The molecular formula is C24H25ClN4O4S. The summed E-state index contributed by atoms with van der Waals surface area (Å²) < 4.78 is 12.5. The van der Waals surface area contributed by atoms with Gasteiger partial charge < -0.3 is 14.8 Å².